The first-order chi connectivity index (χ1) is 31.2. The molecule has 0 atom stereocenters. The molecule has 0 saturated carbocycles. The third kappa shape index (κ3) is 4.86. The molecule has 9 aromatic carbocycles. The van der Waals surface area contributed by atoms with Crippen LogP contribution in [0.1, 0.15) is 19.2 Å². The summed E-state index contributed by atoms with van der Waals surface area (Å²) in [4.78, 5) is 0. The lowest BCUT2D eigenvalue weighted by molar-refractivity contribution is 0.669. The van der Waals surface area contributed by atoms with Crippen LogP contribution in [0.2, 0.25) is 0 Å². The van der Waals surface area contributed by atoms with Crippen LogP contribution in [-0.4, -0.2) is 0 Å². The van der Waals surface area contributed by atoms with Crippen LogP contribution in [0.3, 0.4) is 0 Å². The molecule has 0 aliphatic heterocycles. The van der Waals surface area contributed by atoms with Crippen LogP contribution in [0.15, 0.2) is 198 Å². The fourth-order valence-corrected chi connectivity index (χ4v) is 6.93. The maximum atomic E-state index is 9.54. The molecule has 0 N–H and O–H groups in total. The van der Waals surface area contributed by atoms with Crippen molar-refractivity contribution in [2.45, 2.75) is 0 Å². The van der Waals surface area contributed by atoms with Gasteiger partial charge in [0.25, 0.3) is 0 Å². The van der Waals surface area contributed by atoms with Crippen molar-refractivity contribution in [1.29, 1.82) is 0 Å². The lowest BCUT2D eigenvalue weighted by Crippen LogP contribution is -1.93. The largest absolute Gasteiger partial charge is 0.456 e. The van der Waals surface area contributed by atoms with E-state index in [0.29, 0.717) is 38.2 Å². The van der Waals surface area contributed by atoms with Crippen LogP contribution >= 0.6 is 0 Å². The Morgan fingerprint density at radius 1 is 0.333 bits per heavy atom. The smallest absolute Gasteiger partial charge is 0.136 e. The van der Waals surface area contributed by atoms with Crippen LogP contribution in [0.4, 0.5) is 0 Å². The molecule has 238 valence electrons. The summed E-state index contributed by atoms with van der Waals surface area (Å²) in [5.41, 5.74) is 0.948. The summed E-state index contributed by atoms with van der Waals surface area (Å²) in [6.07, 6.45) is 0. The molecule has 1 aromatic heterocycles. The molecule has 0 radical (unpaired) electrons. The van der Waals surface area contributed by atoms with E-state index in [9.17, 15) is 9.60 Å². The molecule has 0 unspecified atom stereocenters. The topological polar surface area (TPSA) is 13.1 Å². The molecule has 0 fully saturated rings. The van der Waals surface area contributed by atoms with E-state index in [1.165, 1.54) is 0 Å². The van der Waals surface area contributed by atoms with Gasteiger partial charge in [-0.05, 0) is 95.3 Å². The minimum atomic E-state index is -0.640. The second-order valence-corrected chi connectivity index (χ2v) is 12.1. The van der Waals surface area contributed by atoms with E-state index in [1.807, 2.05) is 0 Å². The molecular weight excluding hydrogens is 617 g/mol. The minimum absolute atomic E-state index is 0.0191. The zero-order valence-electron chi connectivity index (χ0n) is 40.8. The molecule has 51 heavy (non-hydrogen) atoms. The van der Waals surface area contributed by atoms with E-state index in [-0.39, 0.29) is 85.1 Å². The maximum absolute atomic E-state index is 9.54. The van der Waals surface area contributed by atoms with Crippen LogP contribution in [0.25, 0.3) is 99.1 Å². The van der Waals surface area contributed by atoms with Gasteiger partial charge in [0.05, 0.1) is 19.2 Å². The molecule has 0 saturated heterocycles. The monoisotopic (exact) mass is 662 g/mol. The van der Waals surface area contributed by atoms with Crippen LogP contribution in [-0.2, 0) is 0 Å². The lowest BCUT2D eigenvalue weighted by atomic mass is 9.83. The predicted molar refractivity (Wildman–Crippen MR) is 216 cm³/mol. The van der Waals surface area contributed by atoms with Gasteiger partial charge in [0.15, 0.2) is 0 Å². The van der Waals surface area contributed by atoms with Crippen molar-refractivity contribution in [3.63, 3.8) is 0 Å². The third-order valence-corrected chi connectivity index (χ3v) is 9.19. The Morgan fingerprint density at radius 2 is 0.824 bits per heavy atom. The highest BCUT2D eigenvalue weighted by Gasteiger charge is 2.21. The summed E-state index contributed by atoms with van der Waals surface area (Å²) in [5.74, 6) is 0. The molecular formula is C50H32O. The number of benzene rings is 9. The highest BCUT2D eigenvalue weighted by molar-refractivity contribution is 6.26. The van der Waals surface area contributed by atoms with E-state index in [1.54, 1.807) is 109 Å². The zero-order chi connectivity index (χ0) is 45.9. The number of hydrogen-bond donors (Lipinski definition) is 0. The van der Waals surface area contributed by atoms with Gasteiger partial charge in [-0.3, -0.25) is 0 Å². The molecule has 0 aliphatic rings. The number of rotatable bonds is 5. The lowest BCUT2D eigenvalue weighted by Gasteiger charge is -2.20. The Morgan fingerprint density at radius 3 is 1.45 bits per heavy atom. The highest BCUT2D eigenvalue weighted by atomic mass is 16.3. The fourth-order valence-electron chi connectivity index (χ4n) is 6.93. The first kappa shape index (κ1) is 18.3. The Hall–Kier alpha value is -6.70. The van der Waals surface area contributed by atoms with Gasteiger partial charge < -0.3 is 4.42 Å². The first-order valence-electron chi connectivity index (χ1n) is 23.4. The summed E-state index contributed by atoms with van der Waals surface area (Å²) in [7, 11) is 0. The first-order valence-corrected chi connectivity index (χ1v) is 16.4. The van der Waals surface area contributed by atoms with Gasteiger partial charge in [0, 0.05) is 10.8 Å². The van der Waals surface area contributed by atoms with E-state index in [4.69, 9.17) is 14.0 Å². The van der Waals surface area contributed by atoms with Gasteiger partial charge in [-0.1, -0.05) is 176 Å². The molecule has 0 bridgehead atoms. The standard InChI is InChI=1S/C50H32O/c1-3-14-33(15-4-1)35-26-28-36(29-27-35)38-18-7-8-19-39(38)48-40-20-9-11-22-42(40)49(43-23-12-10-21-41(43)48)45-24-13-25-46-50(45)44-31-30-37(32-47(44)51-46)34-16-5-2-6-17-34/h1-32H/i7D,8D,13D,18D,19D,24D,25D,26D,27D,28D,29D,30D,31D,32D. The molecule has 1 heteroatoms. The molecule has 10 rings (SSSR count). The Balaban J connectivity index is 1.37. The van der Waals surface area contributed by atoms with Crippen LogP contribution < -0.4 is 0 Å². The summed E-state index contributed by atoms with van der Waals surface area (Å²) in [5, 5.41) is 1.74. The van der Waals surface area contributed by atoms with E-state index in [2.05, 4.69) is 0 Å². The normalized spacial score (nSPS) is 15.4. The van der Waals surface area contributed by atoms with Crippen molar-refractivity contribution >= 4 is 43.5 Å². The van der Waals surface area contributed by atoms with Crippen molar-refractivity contribution in [1.82, 2.24) is 0 Å². The Kier molecular flexibility index (Phi) is 4.32. The number of furan rings is 1. The highest BCUT2D eigenvalue weighted by Crippen LogP contribution is 2.48. The summed E-state index contributed by atoms with van der Waals surface area (Å²) < 4.78 is 135. The van der Waals surface area contributed by atoms with Crippen LogP contribution in [0.5, 0.6) is 0 Å². The second kappa shape index (κ2) is 12.0. The number of fused-ring (bicyclic) bond motifs is 5. The second-order valence-electron chi connectivity index (χ2n) is 12.1. The van der Waals surface area contributed by atoms with Gasteiger partial charge in [0.2, 0.25) is 0 Å². The van der Waals surface area contributed by atoms with Crippen molar-refractivity contribution in [2.75, 3.05) is 0 Å². The van der Waals surface area contributed by atoms with Crippen LogP contribution in [0, 0.1) is 0 Å². The fraction of sp³-hybridized carbons (Fsp3) is 0. The van der Waals surface area contributed by atoms with Gasteiger partial charge in [-0.15, -0.1) is 0 Å². The average Bonchev–Trinajstić information content (AvgIpc) is 3.72. The Labute approximate surface area is 316 Å². The molecule has 0 amide bonds. The summed E-state index contributed by atoms with van der Waals surface area (Å²) in [6.45, 7) is 0. The summed E-state index contributed by atoms with van der Waals surface area (Å²) >= 11 is 0. The van der Waals surface area contributed by atoms with Crippen molar-refractivity contribution in [3.8, 4) is 55.6 Å². The van der Waals surface area contributed by atoms with Crippen molar-refractivity contribution in [2.24, 2.45) is 0 Å². The third-order valence-electron chi connectivity index (χ3n) is 9.19. The van der Waals surface area contributed by atoms with Crippen molar-refractivity contribution in [3.05, 3.63) is 194 Å². The molecule has 0 aliphatic carbocycles. The van der Waals surface area contributed by atoms with E-state index >= 15 is 0 Å². The van der Waals surface area contributed by atoms with Gasteiger partial charge in [-0.25, -0.2) is 0 Å². The minimum Gasteiger partial charge on any atom is -0.456 e. The summed E-state index contributed by atoms with van der Waals surface area (Å²) in [6, 6.07) is 24.9. The van der Waals surface area contributed by atoms with E-state index in [0.717, 1.165) is 0 Å². The average molecular weight is 663 g/mol. The van der Waals surface area contributed by atoms with Crippen molar-refractivity contribution < 1.29 is 23.6 Å². The molecule has 0 spiro atoms. The van der Waals surface area contributed by atoms with Gasteiger partial charge >= 0.3 is 0 Å². The predicted octanol–water partition coefficient (Wildman–Crippen LogP) is 14.2. The SMILES string of the molecule is [2H]c1c([2H])c([2H])c(-c2c3ccccc3c(-c3c([2H])c([2H])c([2H])c4oc5c([2H])c(-c6ccccc6)c([2H])c([2H])c5c34)c3ccccc23)c(-c2c([2H])c([2H])c(-c3ccccc3)c([2H])c2[2H])c1[2H]. The van der Waals surface area contributed by atoms with Gasteiger partial charge in [0.1, 0.15) is 11.2 Å². The Bertz CT molecular complexity index is 3610. The quantitative estimate of drug-likeness (QED) is 0.167. The van der Waals surface area contributed by atoms with Gasteiger partial charge in [-0.2, -0.15) is 0 Å². The number of hydrogen-bond acceptors (Lipinski definition) is 1. The van der Waals surface area contributed by atoms with E-state index < -0.39 is 60.4 Å². The zero-order valence-corrected chi connectivity index (χ0v) is 26.8. The molecule has 10 aromatic rings. The molecule has 1 nitrogen and oxygen atoms in total. The molecule has 1 heterocycles. The maximum Gasteiger partial charge on any atom is 0.136 e.